The third kappa shape index (κ3) is 7.28. The molecule has 2 amide bonds. The number of carbonyl (C=O) groups is 2. The van der Waals surface area contributed by atoms with Gasteiger partial charge in [-0.25, -0.2) is 0 Å². The molecule has 6 heteroatoms. The van der Waals surface area contributed by atoms with Gasteiger partial charge < -0.3 is 15.0 Å². The summed E-state index contributed by atoms with van der Waals surface area (Å²) in [5, 5.41) is 3.66. The van der Waals surface area contributed by atoms with E-state index in [-0.39, 0.29) is 24.5 Å². The molecule has 2 rings (SSSR count). The molecule has 0 radical (unpaired) electrons. The van der Waals surface area contributed by atoms with E-state index in [4.69, 9.17) is 16.3 Å². The molecule has 0 aliphatic rings. The lowest BCUT2D eigenvalue weighted by Crippen LogP contribution is -2.51. The molecular weight excluding hydrogens is 412 g/mol. The fraction of sp³-hybridized carbons (Fsp3) is 0.440. The van der Waals surface area contributed by atoms with Gasteiger partial charge in [-0.05, 0) is 69.4 Å². The summed E-state index contributed by atoms with van der Waals surface area (Å²) in [5.74, 6) is 0.203. The van der Waals surface area contributed by atoms with Crippen LogP contribution in [-0.2, 0) is 16.0 Å². The van der Waals surface area contributed by atoms with Gasteiger partial charge in [0.15, 0.2) is 6.61 Å². The Balaban J connectivity index is 2.11. The Labute approximate surface area is 190 Å². The van der Waals surface area contributed by atoms with Gasteiger partial charge in [-0.2, -0.15) is 0 Å². The SMILES string of the molecule is CC[C@H](C)NC(=O)[C@H](C)N(CCc1ccccc1)C(=O)COc1cc(C)c(Cl)c(C)c1. The maximum Gasteiger partial charge on any atom is 0.261 e. The number of benzene rings is 2. The third-order valence-electron chi connectivity index (χ3n) is 5.42. The number of hydrogen-bond acceptors (Lipinski definition) is 3. The highest BCUT2D eigenvalue weighted by atomic mass is 35.5. The van der Waals surface area contributed by atoms with Gasteiger partial charge in [0, 0.05) is 17.6 Å². The highest BCUT2D eigenvalue weighted by Crippen LogP contribution is 2.26. The van der Waals surface area contributed by atoms with Crippen molar-refractivity contribution in [1.29, 1.82) is 0 Å². The van der Waals surface area contributed by atoms with Crippen molar-refractivity contribution in [1.82, 2.24) is 10.2 Å². The quantitative estimate of drug-likeness (QED) is 0.577. The molecule has 0 aromatic heterocycles. The molecule has 31 heavy (non-hydrogen) atoms. The number of carbonyl (C=O) groups excluding carboxylic acids is 2. The summed E-state index contributed by atoms with van der Waals surface area (Å²) in [6.45, 7) is 9.81. The van der Waals surface area contributed by atoms with Crippen molar-refractivity contribution in [3.63, 3.8) is 0 Å². The van der Waals surface area contributed by atoms with Crippen molar-refractivity contribution in [2.75, 3.05) is 13.2 Å². The van der Waals surface area contributed by atoms with Crippen LogP contribution in [0.5, 0.6) is 5.75 Å². The van der Waals surface area contributed by atoms with Gasteiger partial charge in [-0.1, -0.05) is 48.9 Å². The number of halogens is 1. The van der Waals surface area contributed by atoms with E-state index in [0.29, 0.717) is 23.7 Å². The van der Waals surface area contributed by atoms with Crippen molar-refractivity contribution in [2.24, 2.45) is 0 Å². The summed E-state index contributed by atoms with van der Waals surface area (Å²) in [7, 11) is 0. The molecule has 5 nitrogen and oxygen atoms in total. The van der Waals surface area contributed by atoms with Gasteiger partial charge in [0.1, 0.15) is 11.8 Å². The number of nitrogens with zero attached hydrogens (tertiary/aromatic N) is 1. The summed E-state index contributed by atoms with van der Waals surface area (Å²) in [5.41, 5.74) is 2.90. The number of hydrogen-bond donors (Lipinski definition) is 1. The minimum absolute atomic E-state index is 0.0530. The molecule has 0 unspecified atom stereocenters. The van der Waals surface area contributed by atoms with Crippen LogP contribution < -0.4 is 10.1 Å². The van der Waals surface area contributed by atoms with E-state index in [0.717, 1.165) is 23.1 Å². The van der Waals surface area contributed by atoms with Crippen LogP contribution in [0, 0.1) is 13.8 Å². The summed E-state index contributed by atoms with van der Waals surface area (Å²) in [6, 6.07) is 13.0. The maximum absolute atomic E-state index is 13.1. The zero-order valence-electron chi connectivity index (χ0n) is 19.1. The topological polar surface area (TPSA) is 58.6 Å². The second kappa shape index (κ2) is 11.8. The Kier molecular flexibility index (Phi) is 9.38. The van der Waals surface area contributed by atoms with Crippen LogP contribution in [0.15, 0.2) is 42.5 Å². The monoisotopic (exact) mass is 444 g/mol. The van der Waals surface area contributed by atoms with Crippen LogP contribution in [0.1, 0.15) is 43.9 Å². The third-order valence-corrected chi connectivity index (χ3v) is 6.02. The Morgan fingerprint density at radius 2 is 1.71 bits per heavy atom. The van der Waals surface area contributed by atoms with Crippen LogP contribution >= 0.6 is 11.6 Å². The lowest BCUT2D eigenvalue weighted by Gasteiger charge is -2.29. The van der Waals surface area contributed by atoms with E-state index in [9.17, 15) is 9.59 Å². The van der Waals surface area contributed by atoms with Gasteiger partial charge >= 0.3 is 0 Å². The smallest absolute Gasteiger partial charge is 0.261 e. The van der Waals surface area contributed by atoms with Gasteiger partial charge in [-0.3, -0.25) is 9.59 Å². The van der Waals surface area contributed by atoms with Crippen molar-refractivity contribution in [3.8, 4) is 5.75 Å². The first-order valence-corrected chi connectivity index (χ1v) is 11.1. The largest absolute Gasteiger partial charge is 0.484 e. The number of nitrogens with one attached hydrogen (secondary N) is 1. The summed E-state index contributed by atoms with van der Waals surface area (Å²) < 4.78 is 5.77. The van der Waals surface area contributed by atoms with Crippen LogP contribution in [0.25, 0.3) is 0 Å². The molecule has 0 saturated heterocycles. The fourth-order valence-corrected chi connectivity index (χ4v) is 3.36. The van der Waals surface area contributed by atoms with Crippen LogP contribution in [0.2, 0.25) is 5.02 Å². The minimum atomic E-state index is -0.595. The molecule has 168 valence electrons. The minimum Gasteiger partial charge on any atom is -0.484 e. The van der Waals surface area contributed by atoms with E-state index in [1.54, 1.807) is 11.8 Å². The van der Waals surface area contributed by atoms with Crippen molar-refractivity contribution in [3.05, 3.63) is 64.2 Å². The van der Waals surface area contributed by atoms with Crippen molar-refractivity contribution >= 4 is 23.4 Å². The van der Waals surface area contributed by atoms with Gasteiger partial charge in [-0.15, -0.1) is 0 Å². The Hall–Kier alpha value is -2.53. The molecule has 0 fully saturated rings. The van der Waals surface area contributed by atoms with E-state index >= 15 is 0 Å². The Morgan fingerprint density at radius 3 is 2.29 bits per heavy atom. The Morgan fingerprint density at radius 1 is 1.10 bits per heavy atom. The maximum atomic E-state index is 13.1. The van der Waals surface area contributed by atoms with Gasteiger partial charge in [0.05, 0.1) is 0 Å². The average molecular weight is 445 g/mol. The van der Waals surface area contributed by atoms with E-state index < -0.39 is 6.04 Å². The first kappa shape index (κ1) is 24.7. The number of ether oxygens (including phenoxy) is 1. The highest BCUT2D eigenvalue weighted by molar-refractivity contribution is 6.32. The zero-order chi connectivity index (χ0) is 23.0. The van der Waals surface area contributed by atoms with Gasteiger partial charge in [0.2, 0.25) is 5.91 Å². The first-order valence-electron chi connectivity index (χ1n) is 10.8. The predicted octanol–water partition coefficient (Wildman–Crippen LogP) is 4.71. The molecule has 1 N–H and O–H groups in total. The fourth-order valence-electron chi connectivity index (χ4n) is 3.25. The Bertz CT molecular complexity index is 863. The normalized spacial score (nSPS) is 12.7. The second-order valence-corrected chi connectivity index (χ2v) is 8.35. The van der Waals surface area contributed by atoms with Crippen LogP contribution in [0.4, 0.5) is 0 Å². The second-order valence-electron chi connectivity index (χ2n) is 7.98. The van der Waals surface area contributed by atoms with Crippen molar-refractivity contribution in [2.45, 2.75) is 59.5 Å². The zero-order valence-corrected chi connectivity index (χ0v) is 19.8. The number of rotatable bonds is 10. The predicted molar refractivity (Wildman–Crippen MR) is 126 cm³/mol. The lowest BCUT2D eigenvalue weighted by atomic mass is 10.1. The molecule has 2 aromatic rings. The van der Waals surface area contributed by atoms with E-state index in [1.807, 2.05) is 70.2 Å². The van der Waals surface area contributed by atoms with Crippen LogP contribution in [0.3, 0.4) is 0 Å². The number of aryl methyl sites for hydroxylation is 2. The first-order chi connectivity index (χ1) is 14.7. The molecule has 0 aliphatic heterocycles. The molecule has 2 aromatic carbocycles. The highest BCUT2D eigenvalue weighted by Gasteiger charge is 2.26. The molecule has 0 spiro atoms. The molecular formula is C25H33ClN2O3. The van der Waals surface area contributed by atoms with E-state index in [1.165, 1.54) is 0 Å². The molecule has 2 atom stereocenters. The van der Waals surface area contributed by atoms with Crippen LogP contribution in [-0.4, -0.2) is 41.9 Å². The molecule has 0 bridgehead atoms. The standard InChI is InChI=1S/C25H33ClN2O3/c1-6-19(4)27-25(30)20(5)28(13-12-21-10-8-7-9-11-21)23(29)16-31-22-14-17(2)24(26)18(3)15-22/h7-11,14-15,19-20H,6,12-13,16H2,1-5H3,(H,27,30)/t19-,20-/m0/s1. The van der Waals surface area contributed by atoms with Gasteiger partial charge in [0.25, 0.3) is 5.91 Å². The summed E-state index contributed by atoms with van der Waals surface area (Å²) in [4.78, 5) is 27.4. The summed E-state index contributed by atoms with van der Waals surface area (Å²) >= 11 is 6.22. The average Bonchev–Trinajstić information content (AvgIpc) is 2.76. The molecule has 0 aliphatic carbocycles. The number of amides is 2. The molecule has 0 heterocycles. The van der Waals surface area contributed by atoms with E-state index in [2.05, 4.69) is 5.32 Å². The van der Waals surface area contributed by atoms with Crippen molar-refractivity contribution < 1.29 is 14.3 Å². The lowest BCUT2D eigenvalue weighted by molar-refractivity contribution is -0.141. The summed E-state index contributed by atoms with van der Waals surface area (Å²) in [6.07, 6.45) is 1.49. The molecule has 0 saturated carbocycles.